The molecule has 0 aliphatic heterocycles. The van der Waals surface area contributed by atoms with Crippen molar-refractivity contribution in [3.8, 4) is 0 Å². The molecule has 0 aliphatic carbocycles. The molecule has 1 N–H and O–H groups in total. The zero-order valence-electron chi connectivity index (χ0n) is 6.83. The molecule has 0 spiro atoms. The maximum Gasteiger partial charge on any atom is 0.223 e. The van der Waals surface area contributed by atoms with Crippen LogP contribution in [0.15, 0.2) is 0 Å². The first-order chi connectivity index (χ1) is 5.07. The van der Waals surface area contributed by atoms with E-state index in [1.807, 2.05) is 13.8 Å². The van der Waals surface area contributed by atoms with E-state index in [4.69, 9.17) is 5.11 Å². The van der Waals surface area contributed by atoms with E-state index < -0.39 is 11.9 Å². The average molecular weight is 157 g/mol. The van der Waals surface area contributed by atoms with Crippen LogP contribution < -0.4 is 0 Å². The number of rotatable bonds is 5. The summed E-state index contributed by atoms with van der Waals surface area (Å²) in [6, 6.07) is 0. The monoisotopic (exact) mass is 157 g/mol. The Labute approximate surface area is 66.4 Å². The van der Waals surface area contributed by atoms with Gasteiger partial charge in [0.15, 0.2) is 6.29 Å². The first-order valence-corrected chi connectivity index (χ1v) is 3.54. The molecule has 0 saturated carbocycles. The highest BCUT2D eigenvalue weighted by molar-refractivity contribution is 6.26. The lowest BCUT2D eigenvalue weighted by Gasteiger charge is -2.06. The summed E-state index contributed by atoms with van der Waals surface area (Å²) in [5, 5.41) is 8.97. The Morgan fingerprint density at radius 2 is 2.09 bits per heavy atom. The molecule has 0 rings (SSSR count). The fourth-order valence-corrected chi connectivity index (χ4v) is 0.646. The first-order valence-electron chi connectivity index (χ1n) is 3.54. The van der Waals surface area contributed by atoms with Gasteiger partial charge in [-0.3, -0.25) is 9.59 Å². The van der Waals surface area contributed by atoms with Crippen LogP contribution in [-0.2, 0) is 9.59 Å². The van der Waals surface area contributed by atoms with Gasteiger partial charge in [0, 0.05) is 0 Å². The van der Waals surface area contributed by atoms with Crippen molar-refractivity contribution in [2.24, 2.45) is 0 Å². The largest absolute Gasteiger partial charge is 0.385 e. The Kier molecular flexibility index (Phi) is 4.70. The van der Waals surface area contributed by atoms with Gasteiger partial charge in [-0.25, -0.2) is 0 Å². The minimum absolute atomic E-state index is 0.162. The second kappa shape index (κ2) is 5.02. The molecule has 0 saturated heterocycles. The smallest absolute Gasteiger partial charge is 0.223 e. The van der Waals surface area contributed by atoms with Crippen LogP contribution >= 0.6 is 0 Å². The molecule has 0 bridgehead atoms. The number of hydrogen-bond acceptors (Lipinski definition) is 3. The van der Waals surface area contributed by atoms with Crippen LogP contribution in [0.1, 0.15) is 26.7 Å². The molecule has 0 aliphatic rings. The van der Waals surface area contributed by atoms with Crippen LogP contribution in [0.5, 0.6) is 0 Å². The molecule has 0 fully saturated rings. The SMILES string of the molecule is C[C](C)CCC(O)C(=O)C=O. The highest BCUT2D eigenvalue weighted by Crippen LogP contribution is 2.08. The molecule has 3 nitrogen and oxygen atoms in total. The molecule has 1 unspecified atom stereocenters. The molecule has 3 heteroatoms. The third kappa shape index (κ3) is 4.67. The van der Waals surface area contributed by atoms with Gasteiger partial charge in [-0.05, 0) is 18.8 Å². The van der Waals surface area contributed by atoms with Gasteiger partial charge in [-0.2, -0.15) is 0 Å². The van der Waals surface area contributed by atoms with E-state index >= 15 is 0 Å². The van der Waals surface area contributed by atoms with Gasteiger partial charge in [0.1, 0.15) is 6.10 Å². The van der Waals surface area contributed by atoms with Gasteiger partial charge in [0.2, 0.25) is 5.78 Å². The van der Waals surface area contributed by atoms with Crippen molar-refractivity contribution in [3.63, 3.8) is 0 Å². The zero-order chi connectivity index (χ0) is 8.85. The number of aliphatic hydroxyl groups is 1. The quantitative estimate of drug-likeness (QED) is 0.467. The number of hydrogen-bond donors (Lipinski definition) is 1. The van der Waals surface area contributed by atoms with E-state index in [2.05, 4.69) is 0 Å². The minimum Gasteiger partial charge on any atom is -0.385 e. The lowest BCUT2D eigenvalue weighted by molar-refractivity contribution is -0.135. The summed E-state index contributed by atoms with van der Waals surface area (Å²) in [5.41, 5.74) is 0. The third-order valence-corrected chi connectivity index (χ3v) is 1.36. The van der Waals surface area contributed by atoms with Crippen molar-refractivity contribution in [2.75, 3.05) is 0 Å². The molecule has 0 aromatic rings. The number of ketones is 1. The van der Waals surface area contributed by atoms with Crippen molar-refractivity contribution in [3.05, 3.63) is 5.92 Å². The summed E-state index contributed by atoms with van der Waals surface area (Å²) in [4.78, 5) is 20.4. The Hall–Kier alpha value is -0.700. The highest BCUT2D eigenvalue weighted by Gasteiger charge is 2.13. The molecule has 63 valence electrons. The number of aliphatic hydroxyl groups excluding tert-OH is 1. The number of aldehydes is 1. The molecule has 0 aromatic carbocycles. The molecule has 11 heavy (non-hydrogen) atoms. The highest BCUT2D eigenvalue weighted by atomic mass is 16.3. The summed E-state index contributed by atoms with van der Waals surface area (Å²) in [6.45, 7) is 3.83. The standard InChI is InChI=1S/C8H13O3/c1-6(2)3-4-7(10)8(11)5-9/h5,7,10H,3-4H2,1-2H3. The zero-order valence-corrected chi connectivity index (χ0v) is 6.83. The fraction of sp³-hybridized carbons (Fsp3) is 0.625. The summed E-state index contributed by atoms with van der Waals surface area (Å²) >= 11 is 0. The Morgan fingerprint density at radius 3 is 2.45 bits per heavy atom. The van der Waals surface area contributed by atoms with Gasteiger partial charge in [-0.15, -0.1) is 0 Å². The summed E-state index contributed by atoms with van der Waals surface area (Å²) in [6.07, 6.45) is 0.0819. The second-order valence-electron chi connectivity index (χ2n) is 2.78. The minimum atomic E-state index is -1.11. The number of carbonyl (C=O) groups excluding carboxylic acids is 2. The van der Waals surface area contributed by atoms with Crippen LogP contribution in [-0.4, -0.2) is 23.3 Å². The van der Waals surface area contributed by atoms with Crippen LogP contribution in [0, 0.1) is 5.92 Å². The van der Waals surface area contributed by atoms with Crippen molar-refractivity contribution >= 4 is 12.1 Å². The lowest BCUT2D eigenvalue weighted by Crippen LogP contribution is -2.21. The molecule has 0 amide bonds. The van der Waals surface area contributed by atoms with E-state index in [1.54, 1.807) is 0 Å². The van der Waals surface area contributed by atoms with Crippen LogP contribution in [0.4, 0.5) is 0 Å². The topological polar surface area (TPSA) is 54.4 Å². The van der Waals surface area contributed by atoms with E-state index in [9.17, 15) is 9.59 Å². The van der Waals surface area contributed by atoms with E-state index in [0.29, 0.717) is 12.8 Å². The molecular formula is C8H13O3. The van der Waals surface area contributed by atoms with Gasteiger partial charge in [-0.1, -0.05) is 13.8 Å². The van der Waals surface area contributed by atoms with Crippen molar-refractivity contribution in [1.82, 2.24) is 0 Å². The first kappa shape index (κ1) is 10.3. The summed E-state index contributed by atoms with van der Waals surface area (Å²) in [5.74, 6) is 0.411. The maximum absolute atomic E-state index is 10.5. The molecule has 0 aromatic heterocycles. The average Bonchev–Trinajstić information content (AvgIpc) is 1.98. The molecular weight excluding hydrogens is 144 g/mol. The van der Waals surface area contributed by atoms with E-state index in [1.165, 1.54) is 0 Å². The Bertz CT molecular complexity index is 140. The van der Waals surface area contributed by atoms with E-state index in [-0.39, 0.29) is 6.29 Å². The van der Waals surface area contributed by atoms with Gasteiger partial charge < -0.3 is 5.11 Å². The predicted molar refractivity (Wildman–Crippen MR) is 40.9 cm³/mol. The third-order valence-electron chi connectivity index (χ3n) is 1.36. The van der Waals surface area contributed by atoms with Gasteiger partial charge >= 0.3 is 0 Å². The molecule has 1 atom stereocenters. The predicted octanol–water partition coefficient (Wildman–Crippen LogP) is 0.510. The summed E-state index contributed by atoms with van der Waals surface area (Å²) in [7, 11) is 0. The normalized spacial score (nSPS) is 13.1. The Balaban J connectivity index is 3.60. The van der Waals surface area contributed by atoms with Crippen molar-refractivity contribution < 1.29 is 14.7 Å². The maximum atomic E-state index is 10.5. The summed E-state index contributed by atoms with van der Waals surface area (Å²) < 4.78 is 0. The van der Waals surface area contributed by atoms with Gasteiger partial charge in [0.25, 0.3) is 0 Å². The van der Waals surface area contributed by atoms with Crippen LogP contribution in [0.2, 0.25) is 0 Å². The molecule has 1 radical (unpaired) electrons. The fourth-order valence-electron chi connectivity index (χ4n) is 0.646. The van der Waals surface area contributed by atoms with Gasteiger partial charge in [0.05, 0.1) is 0 Å². The van der Waals surface area contributed by atoms with Crippen LogP contribution in [0.3, 0.4) is 0 Å². The van der Waals surface area contributed by atoms with Crippen molar-refractivity contribution in [1.29, 1.82) is 0 Å². The Morgan fingerprint density at radius 1 is 1.55 bits per heavy atom. The lowest BCUT2D eigenvalue weighted by atomic mass is 10.0. The van der Waals surface area contributed by atoms with E-state index in [0.717, 1.165) is 5.92 Å². The van der Waals surface area contributed by atoms with Crippen molar-refractivity contribution in [2.45, 2.75) is 32.8 Å². The number of Topliss-reactive ketones (excluding diaryl/α,β-unsaturated/α-hetero) is 1. The molecule has 0 heterocycles. The number of carbonyl (C=O) groups is 2. The van der Waals surface area contributed by atoms with Crippen LogP contribution in [0.25, 0.3) is 0 Å². The second-order valence-corrected chi connectivity index (χ2v) is 2.78.